The van der Waals surface area contributed by atoms with Crippen molar-refractivity contribution in [3.8, 4) is 16.9 Å². The molecule has 0 spiro atoms. The molecule has 3 aliphatic rings. The Bertz CT molecular complexity index is 2020. The number of carbonyl (C=O) groups is 2. The zero-order valence-corrected chi connectivity index (χ0v) is 30.7. The molecule has 1 aromatic heterocycles. The van der Waals surface area contributed by atoms with Gasteiger partial charge in [-0.2, -0.15) is 0 Å². The molecule has 3 aromatic carbocycles. The summed E-state index contributed by atoms with van der Waals surface area (Å²) in [4.78, 5) is 41.0. The zero-order chi connectivity index (χ0) is 36.4. The number of aromatic nitrogens is 1. The van der Waals surface area contributed by atoms with Crippen LogP contribution < -0.4 is 25.8 Å². The number of piperidine rings is 3. The lowest BCUT2D eigenvalue weighted by atomic mass is 9.85. The van der Waals surface area contributed by atoms with Crippen molar-refractivity contribution < 1.29 is 18.7 Å². The summed E-state index contributed by atoms with van der Waals surface area (Å²) in [6.45, 7) is 4.31. The van der Waals surface area contributed by atoms with Gasteiger partial charge in [-0.15, -0.1) is 0 Å². The van der Waals surface area contributed by atoms with Crippen LogP contribution in [-0.2, 0) is 23.2 Å². The number of aryl methyl sites for hydroxylation is 1. The van der Waals surface area contributed by atoms with Crippen LogP contribution in [0.5, 0.6) is 5.75 Å². The second-order valence-corrected chi connectivity index (χ2v) is 15.1. The van der Waals surface area contributed by atoms with E-state index in [2.05, 4.69) is 20.4 Å². The number of rotatable bonds is 10. The van der Waals surface area contributed by atoms with Gasteiger partial charge in [-0.05, 0) is 104 Å². The summed E-state index contributed by atoms with van der Waals surface area (Å²) in [5.74, 6) is 1.09. The van der Waals surface area contributed by atoms with Crippen LogP contribution in [0.2, 0.25) is 5.02 Å². The molecule has 0 aliphatic carbocycles. The molecule has 3 saturated heterocycles. The van der Waals surface area contributed by atoms with Crippen molar-refractivity contribution in [2.45, 2.75) is 64.0 Å². The lowest BCUT2D eigenvalue weighted by molar-refractivity contribution is -0.133. The van der Waals surface area contributed by atoms with Crippen LogP contribution in [0.25, 0.3) is 21.9 Å². The number of anilines is 2. The smallest absolute Gasteiger partial charge is 0.258 e. The molecular weight excluding hydrogens is 681 g/mol. The van der Waals surface area contributed by atoms with E-state index in [9.17, 15) is 14.4 Å². The van der Waals surface area contributed by atoms with E-state index < -0.39 is 6.04 Å². The molecule has 1 atom stereocenters. The van der Waals surface area contributed by atoms with E-state index in [1.165, 1.54) is 12.8 Å². The fraction of sp³-hybridized carbons (Fsp3) is 0.439. The molecule has 9 nitrogen and oxygen atoms in total. The van der Waals surface area contributed by atoms with Gasteiger partial charge >= 0.3 is 0 Å². The molecule has 3 fully saturated rings. The lowest BCUT2D eigenvalue weighted by Gasteiger charge is -2.36. The van der Waals surface area contributed by atoms with Gasteiger partial charge in [0.15, 0.2) is 0 Å². The lowest BCUT2D eigenvalue weighted by Crippen LogP contribution is -2.47. The highest BCUT2D eigenvalue weighted by molar-refractivity contribution is 6.33. The van der Waals surface area contributed by atoms with Crippen LogP contribution in [0.1, 0.15) is 56.9 Å². The number of imide groups is 1. The maximum atomic E-state index is 15.8. The van der Waals surface area contributed by atoms with Gasteiger partial charge in [-0.1, -0.05) is 42.6 Å². The minimum atomic E-state index is -0.436. The van der Waals surface area contributed by atoms with Gasteiger partial charge in [0.2, 0.25) is 11.8 Å². The normalized spacial score (nSPS) is 19.2. The van der Waals surface area contributed by atoms with Crippen LogP contribution in [0.4, 0.5) is 15.8 Å². The van der Waals surface area contributed by atoms with E-state index in [4.69, 9.17) is 16.3 Å². The highest BCUT2D eigenvalue weighted by Crippen LogP contribution is 2.37. The standard InChI is InChI=1S/C41H47ClFN5O4/c1-46-24-32(30-5-3-4-6-31(30)41(46)51)28-21-35(43)33(38(22-28)52-2)25-47-17-13-26(14-18-47)7-8-27-15-19-48(20-16-27)37-11-9-29(23-34(37)42)44-36-10-12-39(49)45-40(36)50/h3-6,9,11,21-24,26-27,36,44H,7-8,10,12-20,25H2,1-2H3,(H,45,49,50). The number of methoxy groups -OCH3 is 1. The number of ether oxygens (including phenoxy) is 1. The number of amides is 2. The third-order valence-electron chi connectivity index (χ3n) is 11.3. The third-order valence-corrected chi connectivity index (χ3v) is 11.6. The van der Waals surface area contributed by atoms with Crippen molar-refractivity contribution in [3.63, 3.8) is 0 Å². The highest BCUT2D eigenvalue weighted by atomic mass is 35.5. The summed E-state index contributed by atoms with van der Waals surface area (Å²) in [6, 6.07) is 16.3. The second kappa shape index (κ2) is 15.7. The molecule has 52 heavy (non-hydrogen) atoms. The first-order chi connectivity index (χ1) is 25.2. The molecule has 1 unspecified atom stereocenters. The molecule has 7 rings (SSSR count). The Labute approximate surface area is 309 Å². The van der Waals surface area contributed by atoms with Crippen molar-refractivity contribution >= 4 is 45.6 Å². The van der Waals surface area contributed by atoms with Crippen LogP contribution in [0.3, 0.4) is 0 Å². The van der Waals surface area contributed by atoms with Gasteiger partial charge in [0.25, 0.3) is 5.56 Å². The molecule has 0 radical (unpaired) electrons. The van der Waals surface area contributed by atoms with Gasteiger partial charge in [0.05, 0.1) is 17.8 Å². The fourth-order valence-electron chi connectivity index (χ4n) is 8.23. The molecule has 0 saturated carbocycles. The number of halogens is 2. The van der Waals surface area contributed by atoms with Crippen molar-refractivity contribution in [1.82, 2.24) is 14.8 Å². The predicted octanol–water partition coefficient (Wildman–Crippen LogP) is 7.13. The van der Waals surface area contributed by atoms with Gasteiger partial charge in [0.1, 0.15) is 17.6 Å². The van der Waals surface area contributed by atoms with Crippen molar-refractivity contribution in [3.05, 3.63) is 87.6 Å². The van der Waals surface area contributed by atoms with Crippen LogP contribution in [0, 0.1) is 17.7 Å². The first kappa shape index (κ1) is 36.0. The average Bonchev–Trinajstić information content (AvgIpc) is 3.15. The molecule has 4 aromatic rings. The fourth-order valence-corrected chi connectivity index (χ4v) is 8.53. The van der Waals surface area contributed by atoms with E-state index in [0.29, 0.717) is 58.5 Å². The quantitative estimate of drug-likeness (QED) is 0.168. The molecule has 2 amide bonds. The Morgan fingerprint density at radius 2 is 1.60 bits per heavy atom. The highest BCUT2D eigenvalue weighted by Gasteiger charge is 2.28. The summed E-state index contributed by atoms with van der Waals surface area (Å²) in [5.41, 5.74) is 3.78. The van der Waals surface area contributed by atoms with Crippen LogP contribution in [0.15, 0.2) is 65.6 Å². The van der Waals surface area contributed by atoms with E-state index in [-0.39, 0.29) is 23.2 Å². The minimum Gasteiger partial charge on any atom is -0.496 e. The number of hydrogen-bond acceptors (Lipinski definition) is 7. The largest absolute Gasteiger partial charge is 0.496 e. The van der Waals surface area contributed by atoms with Gasteiger partial charge in [-0.3, -0.25) is 24.6 Å². The molecule has 4 heterocycles. The number of carbonyl (C=O) groups excluding carboxylic acids is 2. The number of hydrogen-bond donors (Lipinski definition) is 2. The van der Waals surface area contributed by atoms with Gasteiger partial charge in [0, 0.05) is 61.5 Å². The van der Waals surface area contributed by atoms with Crippen molar-refractivity contribution in [2.75, 3.05) is 43.5 Å². The Kier molecular flexibility index (Phi) is 10.8. The Balaban J connectivity index is 0.883. The monoisotopic (exact) mass is 727 g/mol. The van der Waals surface area contributed by atoms with E-state index >= 15 is 4.39 Å². The number of benzene rings is 3. The molecule has 274 valence electrons. The van der Waals surface area contributed by atoms with E-state index in [1.807, 2.05) is 42.5 Å². The molecule has 2 N–H and O–H groups in total. The Hall–Kier alpha value is -4.41. The SMILES string of the molecule is COc1cc(-c2cn(C)c(=O)c3ccccc23)cc(F)c1CN1CCC(CCC2CCN(c3ccc(NC4CCC(=O)NC4=O)cc3Cl)CC2)CC1. The third kappa shape index (κ3) is 7.83. The number of fused-ring (bicyclic) bond motifs is 1. The summed E-state index contributed by atoms with van der Waals surface area (Å²) < 4.78 is 23.1. The predicted molar refractivity (Wildman–Crippen MR) is 205 cm³/mol. The van der Waals surface area contributed by atoms with Gasteiger partial charge < -0.3 is 19.5 Å². The van der Waals surface area contributed by atoms with Crippen molar-refractivity contribution in [2.24, 2.45) is 18.9 Å². The number of nitrogens with zero attached hydrogens (tertiary/aromatic N) is 3. The van der Waals surface area contributed by atoms with E-state index in [0.717, 1.165) is 74.2 Å². The first-order valence-electron chi connectivity index (χ1n) is 18.5. The summed E-state index contributed by atoms with van der Waals surface area (Å²) in [5, 5.41) is 7.66. The number of nitrogens with one attached hydrogen (secondary N) is 2. The molecule has 11 heteroatoms. The van der Waals surface area contributed by atoms with Gasteiger partial charge in [-0.25, -0.2) is 4.39 Å². The maximum absolute atomic E-state index is 15.8. The van der Waals surface area contributed by atoms with Crippen molar-refractivity contribution in [1.29, 1.82) is 0 Å². The number of pyridine rings is 1. The summed E-state index contributed by atoms with van der Waals surface area (Å²) in [7, 11) is 3.31. The summed E-state index contributed by atoms with van der Waals surface area (Å²) in [6.07, 6.45) is 9.51. The molecular formula is C41H47ClFN5O4. The number of likely N-dealkylation sites (tertiary alicyclic amines) is 1. The van der Waals surface area contributed by atoms with E-state index in [1.54, 1.807) is 37.1 Å². The average molecular weight is 728 g/mol. The maximum Gasteiger partial charge on any atom is 0.258 e. The van der Waals surface area contributed by atoms with Crippen LogP contribution >= 0.6 is 11.6 Å². The minimum absolute atomic E-state index is 0.0789. The van der Waals surface area contributed by atoms with Crippen LogP contribution in [-0.4, -0.2) is 60.6 Å². The summed E-state index contributed by atoms with van der Waals surface area (Å²) >= 11 is 6.71. The Morgan fingerprint density at radius 3 is 2.27 bits per heavy atom. The zero-order valence-electron chi connectivity index (χ0n) is 29.9. The Morgan fingerprint density at radius 1 is 0.904 bits per heavy atom. The second-order valence-electron chi connectivity index (χ2n) is 14.7. The molecule has 3 aliphatic heterocycles. The topological polar surface area (TPSA) is 95.9 Å². The molecule has 0 bridgehead atoms. The first-order valence-corrected chi connectivity index (χ1v) is 18.9.